The molecule has 1 rings (SSSR count). The first kappa shape index (κ1) is 9.19. The summed E-state index contributed by atoms with van der Waals surface area (Å²) in [6, 6.07) is 8.92. The summed E-state index contributed by atoms with van der Waals surface area (Å²) in [6.45, 7) is -0.332. The molecular formula is C9H13NO2. The van der Waals surface area contributed by atoms with Crippen molar-refractivity contribution in [3.63, 3.8) is 0 Å². The maximum absolute atomic E-state index is 9.73. The Kier molecular flexibility index (Phi) is 2.81. The zero-order valence-corrected chi connectivity index (χ0v) is 6.77. The van der Waals surface area contributed by atoms with Crippen LogP contribution in [0.25, 0.3) is 0 Å². The van der Waals surface area contributed by atoms with E-state index in [1.54, 1.807) is 24.3 Å². The highest BCUT2D eigenvalue weighted by atomic mass is 16.3. The van der Waals surface area contributed by atoms with Gasteiger partial charge in [-0.05, 0) is 5.56 Å². The van der Waals surface area contributed by atoms with Crippen LogP contribution in [0.4, 0.5) is 0 Å². The molecule has 0 aliphatic rings. The minimum Gasteiger partial charge on any atom is -0.393 e. The summed E-state index contributed by atoms with van der Waals surface area (Å²) in [5, 5.41) is 18.6. The quantitative estimate of drug-likeness (QED) is 0.585. The Morgan fingerprint density at radius 1 is 1.25 bits per heavy atom. The molecule has 1 aromatic carbocycles. The summed E-state index contributed by atoms with van der Waals surface area (Å²) in [5.41, 5.74) is 4.70. The monoisotopic (exact) mass is 167 g/mol. The predicted molar refractivity (Wildman–Crippen MR) is 46.5 cm³/mol. The molecule has 0 saturated carbocycles. The molecule has 66 valence electrons. The van der Waals surface area contributed by atoms with E-state index >= 15 is 0 Å². The minimum absolute atomic E-state index is 0.0213. The Morgan fingerprint density at radius 2 is 1.83 bits per heavy atom. The Balaban J connectivity index is 2.95. The van der Waals surface area contributed by atoms with Crippen LogP contribution in [0.5, 0.6) is 0 Å². The van der Waals surface area contributed by atoms with Gasteiger partial charge >= 0.3 is 0 Å². The van der Waals surface area contributed by atoms with Gasteiger partial charge in [0, 0.05) is 6.54 Å². The number of aliphatic hydroxyl groups is 2. The minimum atomic E-state index is -1.29. The molecule has 0 fully saturated rings. The van der Waals surface area contributed by atoms with E-state index in [0.29, 0.717) is 5.56 Å². The van der Waals surface area contributed by atoms with E-state index in [0.717, 1.165) is 0 Å². The summed E-state index contributed by atoms with van der Waals surface area (Å²) in [5.74, 6) is 0. The van der Waals surface area contributed by atoms with E-state index in [-0.39, 0.29) is 13.2 Å². The molecule has 0 radical (unpaired) electrons. The van der Waals surface area contributed by atoms with Gasteiger partial charge in [-0.15, -0.1) is 0 Å². The third kappa shape index (κ3) is 1.64. The standard InChI is InChI=1S/C9H13NO2/c10-6-9(12,7-11)8-4-2-1-3-5-8/h1-5,11-12H,6-7,10H2/t9-/m0/s1. The Hall–Kier alpha value is -0.900. The molecule has 1 atom stereocenters. The smallest absolute Gasteiger partial charge is 0.125 e. The highest BCUT2D eigenvalue weighted by molar-refractivity contribution is 5.22. The lowest BCUT2D eigenvalue weighted by Gasteiger charge is -2.24. The second-order valence-corrected chi connectivity index (χ2v) is 2.76. The van der Waals surface area contributed by atoms with Gasteiger partial charge in [-0.25, -0.2) is 0 Å². The number of nitrogens with two attached hydrogens (primary N) is 1. The van der Waals surface area contributed by atoms with Crippen LogP contribution in [-0.2, 0) is 5.60 Å². The molecule has 0 aliphatic heterocycles. The Morgan fingerprint density at radius 3 is 2.25 bits per heavy atom. The highest BCUT2D eigenvalue weighted by Gasteiger charge is 2.25. The van der Waals surface area contributed by atoms with Crippen molar-refractivity contribution in [1.29, 1.82) is 0 Å². The number of hydrogen-bond acceptors (Lipinski definition) is 3. The van der Waals surface area contributed by atoms with Crippen molar-refractivity contribution >= 4 is 0 Å². The average molecular weight is 167 g/mol. The molecule has 4 N–H and O–H groups in total. The van der Waals surface area contributed by atoms with Crippen LogP contribution < -0.4 is 5.73 Å². The molecule has 12 heavy (non-hydrogen) atoms. The van der Waals surface area contributed by atoms with Gasteiger partial charge in [0.2, 0.25) is 0 Å². The van der Waals surface area contributed by atoms with Crippen molar-refractivity contribution in [2.75, 3.05) is 13.2 Å². The van der Waals surface area contributed by atoms with Crippen LogP contribution in [-0.4, -0.2) is 23.4 Å². The fourth-order valence-electron chi connectivity index (χ4n) is 1.02. The molecule has 0 aromatic heterocycles. The van der Waals surface area contributed by atoms with Gasteiger partial charge in [0.1, 0.15) is 5.60 Å². The van der Waals surface area contributed by atoms with Gasteiger partial charge in [0.15, 0.2) is 0 Å². The fraction of sp³-hybridized carbons (Fsp3) is 0.333. The van der Waals surface area contributed by atoms with E-state index in [2.05, 4.69) is 0 Å². The van der Waals surface area contributed by atoms with Crippen molar-refractivity contribution in [1.82, 2.24) is 0 Å². The van der Waals surface area contributed by atoms with Crippen LogP contribution in [0.3, 0.4) is 0 Å². The van der Waals surface area contributed by atoms with Gasteiger partial charge in [-0.1, -0.05) is 30.3 Å². The largest absolute Gasteiger partial charge is 0.393 e. The van der Waals surface area contributed by atoms with E-state index in [4.69, 9.17) is 10.8 Å². The van der Waals surface area contributed by atoms with E-state index in [1.807, 2.05) is 6.07 Å². The zero-order valence-electron chi connectivity index (χ0n) is 6.77. The van der Waals surface area contributed by atoms with Crippen molar-refractivity contribution in [2.24, 2.45) is 5.73 Å². The maximum Gasteiger partial charge on any atom is 0.125 e. The first-order valence-electron chi connectivity index (χ1n) is 3.82. The molecule has 3 heteroatoms. The second kappa shape index (κ2) is 3.67. The molecule has 0 spiro atoms. The summed E-state index contributed by atoms with van der Waals surface area (Å²) in [7, 11) is 0. The van der Waals surface area contributed by atoms with Gasteiger partial charge in [-0.2, -0.15) is 0 Å². The molecular weight excluding hydrogens is 154 g/mol. The van der Waals surface area contributed by atoms with Crippen molar-refractivity contribution in [3.05, 3.63) is 35.9 Å². The SMILES string of the molecule is NC[C@](O)(CO)c1ccccc1. The zero-order chi connectivity index (χ0) is 9.03. The fourth-order valence-corrected chi connectivity index (χ4v) is 1.02. The maximum atomic E-state index is 9.73. The molecule has 3 nitrogen and oxygen atoms in total. The Bertz CT molecular complexity index is 232. The number of benzene rings is 1. The third-order valence-corrected chi connectivity index (χ3v) is 1.91. The lowest BCUT2D eigenvalue weighted by atomic mass is 9.95. The molecule has 0 aliphatic carbocycles. The average Bonchev–Trinajstić information content (AvgIpc) is 2.18. The molecule has 0 unspecified atom stereocenters. The Labute approximate surface area is 71.5 Å². The van der Waals surface area contributed by atoms with Gasteiger partial charge in [0.25, 0.3) is 0 Å². The topological polar surface area (TPSA) is 66.5 Å². The number of aliphatic hydroxyl groups excluding tert-OH is 1. The normalized spacial score (nSPS) is 15.6. The molecule has 0 saturated heterocycles. The number of rotatable bonds is 3. The molecule has 1 aromatic rings. The summed E-state index contributed by atoms with van der Waals surface area (Å²) < 4.78 is 0. The van der Waals surface area contributed by atoms with Gasteiger partial charge in [0.05, 0.1) is 6.61 Å². The van der Waals surface area contributed by atoms with Crippen molar-refractivity contribution in [2.45, 2.75) is 5.60 Å². The molecule has 0 amide bonds. The van der Waals surface area contributed by atoms with Crippen LogP contribution in [0, 0.1) is 0 Å². The van der Waals surface area contributed by atoms with Crippen molar-refractivity contribution in [3.8, 4) is 0 Å². The summed E-state index contributed by atoms with van der Waals surface area (Å²) in [4.78, 5) is 0. The van der Waals surface area contributed by atoms with E-state index < -0.39 is 5.60 Å². The molecule has 0 heterocycles. The van der Waals surface area contributed by atoms with Crippen LogP contribution >= 0.6 is 0 Å². The predicted octanol–water partition coefficient (Wildman–Crippen LogP) is -0.175. The van der Waals surface area contributed by atoms with Gasteiger partial charge < -0.3 is 15.9 Å². The van der Waals surface area contributed by atoms with Crippen LogP contribution in [0.15, 0.2) is 30.3 Å². The van der Waals surface area contributed by atoms with Crippen molar-refractivity contribution < 1.29 is 10.2 Å². The van der Waals surface area contributed by atoms with E-state index in [9.17, 15) is 5.11 Å². The third-order valence-electron chi connectivity index (χ3n) is 1.91. The first-order valence-corrected chi connectivity index (χ1v) is 3.82. The number of hydrogen-bond donors (Lipinski definition) is 3. The summed E-state index contributed by atoms with van der Waals surface area (Å²) >= 11 is 0. The van der Waals surface area contributed by atoms with Gasteiger partial charge in [-0.3, -0.25) is 0 Å². The van der Waals surface area contributed by atoms with E-state index in [1.165, 1.54) is 0 Å². The highest BCUT2D eigenvalue weighted by Crippen LogP contribution is 2.18. The molecule has 0 bridgehead atoms. The first-order chi connectivity index (χ1) is 5.73. The summed E-state index contributed by atoms with van der Waals surface area (Å²) in [6.07, 6.45) is 0. The second-order valence-electron chi connectivity index (χ2n) is 2.76. The lowest BCUT2D eigenvalue weighted by molar-refractivity contribution is -0.0110. The lowest BCUT2D eigenvalue weighted by Crippen LogP contribution is -2.38. The van der Waals surface area contributed by atoms with Crippen LogP contribution in [0.2, 0.25) is 0 Å². The van der Waals surface area contributed by atoms with Crippen LogP contribution in [0.1, 0.15) is 5.56 Å².